The van der Waals surface area contributed by atoms with E-state index in [0.717, 1.165) is 37.9 Å². The van der Waals surface area contributed by atoms with Crippen LogP contribution in [0.15, 0.2) is 24.3 Å². The highest BCUT2D eigenvalue weighted by atomic mass is 19.2. The van der Waals surface area contributed by atoms with Gasteiger partial charge in [-0.25, -0.2) is 22.5 Å². The van der Waals surface area contributed by atoms with Gasteiger partial charge in [0.1, 0.15) is 47.5 Å². The highest BCUT2D eigenvalue weighted by Crippen LogP contribution is 2.44. The molecule has 0 amide bonds. The molecule has 13 heteroatoms. The van der Waals surface area contributed by atoms with Crippen LogP contribution in [0.4, 0.5) is 23.4 Å². The van der Waals surface area contributed by atoms with Crippen molar-refractivity contribution >= 4 is 27.5 Å². The third-order valence-corrected chi connectivity index (χ3v) is 9.92. The zero-order valence-electron chi connectivity index (χ0n) is 24.6. The first-order valence-corrected chi connectivity index (χ1v) is 15.4. The van der Waals surface area contributed by atoms with Crippen molar-refractivity contribution < 1.29 is 32.1 Å². The van der Waals surface area contributed by atoms with Crippen molar-refractivity contribution in [1.29, 1.82) is 0 Å². The van der Waals surface area contributed by atoms with E-state index in [4.69, 9.17) is 14.5 Å². The number of nitrogens with one attached hydrogen (secondary N) is 1. The number of phenolic OH excluding ortho intramolecular Hbond substituents is 1. The fourth-order valence-electron chi connectivity index (χ4n) is 7.81. The van der Waals surface area contributed by atoms with Crippen LogP contribution < -0.4 is 19.7 Å². The fraction of sp³-hybridized carbons (Fsp3) is 0.469. The molecule has 0 radical (unpaired) electrons. The van der Waals surface area contributed by atoms with Gasteiger partial charge in [-0.05, 0) is 49.4 Å². The van der Waals surface area contributed by atoms with Crippen LogP contribution in [0.5, 0.6) is 17.6 Å². The summed E-state index contributed by atoms with van der Waals surface area (Å²) in [4.78, 5) is 18.0. The number of alkyl halides is 1. The van der Waals surface area contributed by atoms with E-state index in [1.807, 2.05) is 0 Å². The van der Waals surface area contributed by atoms with Gasteiger partial charge in [0.2, 0.25) is 5.88 Å². The van der Waals surface area contributed by atoms with Gasteiger partial charge in [0.15, 0.2) is 17.5 Å². The van der Waals surface area contributed by atoms with Gasteiger partial charge in [-0.15, -0.1) is 0 Å². The minimum Gasteiger partial charge on any atom is -0.508 e. The number of phenols is 1. The van der Waals surface area contributed by atoms with E-state index in [1.54, 1.807) is 0 Å². The van der Waals surface area contributed by atoms with Crippen LogP contribution in [-0.4, -0.2) is 88.1 Å². The smallest absolute Gasteiger partial charge is 0.319 e. The highest BCUT2D eigenvalue weighted by molar-refractivity contribution is 6.02. The molecular weight excluding hydrogens is 592 g/mol. The maximum Gasteiger partial charge on any atom is 0.319 e. The van der Waals surface area contributed by atoms with Crippen molar-refractivity contribution in [1.82, 2.24) is 25.2 Å². The lowest BCUT2D eigenvalue weighted by Gasteiger charge is -2.41. The summed E-state index contributed by atoms with van der Waals surface area (Å²) in [5.74, 6) is -3.08. The average molecular weight is 625 g/mol. The first kappa shape index (κ1) is 28.5. The number of aromatic hydroxyl groups is 1. The summed E-state index contributed by atoms with van der Waals surface area (Å²) < 4.78 is 73.4. The Morgan fingerprint density at radius 2 is 1.98 bits per heavy atom. The van der Waals surface area contributed by atoms with Gasteiger partial charge >= 0.3 is 6.01 Å². The molecule has 4 aromatic rings. The number of hydrogen-bond donors (Lipinski definition) is 2. The summed E-state index contributed by atoms with van der Waals surface area (Å²) in [6.45, 7) is 4.77. The van der Waals surface area contributed by atoms with Crippen LogP contribution in [0.3, 0.4) is 0 Å². The van der Waals surface area contributed by atoms with E-state index >= 15 is 8.78 Å². The fourth-order valence-corrected chi connectivity index (χ4v) is 7.81. The van der Waals surface area contributed by atoms with Crippen LogP contribution in [0.2, 0.25) is 0 Å². The van der Waals surface area contributed by atoms with Gasteiger partial charge in [0.05, 0.1) is 11.6 Å². The van der Waals surface area contributed by atoms with E-state index in [2.05, 4.69) is 32.0 Å². The molecule has 3 saturated heterocycles. The Hall–Kier alpha value is -3.97. The highest BCUT2D eigenvalue weighted by Gasteiger charge is 2.49. The standard InChI is InChI=1S/C32H32F4N6O3/c1-2-21-22-14-44-30-24-28(26(36)27(38-30)19-11-18(43)10-16-4-5-20(34)25(35)23(16)19)39-31(40-29(24)42(22)9-7-37-21)45-15-32-6-3-8-41(32)13-17(33)12-32/h4-5,10-11,17,21-22,37,43H,2-3,6-9,12-15H2,1H3/t17-,21+,22-,32+/m1/s1. The predicted molar refractivity (Wildman–Crippen MR) is 159 cm³/mol. The SMILES string of the molecule is CC[C@@H]1NCCN2c3nc(OC[C@@]45CCCN4C[C@H](F)C5)nc4c(F)c(-c5cc(O)cc6ccc(F)c(F)c56)nc(c34)OC[C@H]12. The number of halogens is 4. The molecule has 0 aliphatic carbocycles. The lowest BCUT2D eigenvalue weighted by Crippen LogP contribution is -2.60. The number of benzene rings is 2. The molecule has 4 aliphatic heterocycles. The molecular formula is C32H32F4N6O3. The number of aromatic nitrogens is 3. The van der Waals surface area contributed by atoms with Crippen molar-refractivity contribution in [2.45, 2.75) is 56.4 Å². The third kappa shape index (κ3) is 4.45. The Morgan fingerprint density at radius 1 is 1.11 bits per heavy atom. The number of fused-ring (bicyclic) bond motifs is 4. The van der Waals surface area contributed by atoms with Gasteiger partial charge in [0.25, 0.3) is 0 Å². The van der Waals surface area contributed by atoms with Gasteiger partial charge in [-0.1, -0.05) is 13.0 Å². The van der Waals surface area contributed by atoms with E-state index < -0.39 is 29.2 Å². The molecule has 4 atom stereocenters. The molecule has 2 aromatic heterocycles. The summed E-state index contributed by atoms with van der Waals surface area (Å²) in [6.07, 6.45) is 1.91. The molecule has 4 aliphatic rings. The zero-order chi connectivity index (χ0) is 31.0. The van der Waals surface area contributed by atoms with Gasteiger partial charge in [-0.2, -0.15) is 9.97 Å². The molecule has 0 bridgehead atoms. The van der Waals surface area contributed by atoms with Gasteiger partial charge in [-0.3, -0.25) is 4.90 Å². The number of pyridine rings is 1. The molecule has 9 nitrogen and oxygen atoms in total. The zero-order valence-corrected chi connectivity index (χ0v) is 24.6. The molecule has 0 spiro atoms. The first-order valence-electron chi connectivity index (χ1n) is 15.4. The number of anilines is 1. The largest absolute Gasteiger partial charge is 0.508 e. The number of nitrogens with zero attached hydrogens (tertiary/aromatic N) is 5. The van der Waals surface area contributed by atoms with Crippen molar-refractivity contribution in [2.24, 2.45) is 0 Å². The normalized spacial score (nSPS) is 26.2. The molecule has 6 heterocycles. The van der Waals surface area contributed by atoms with Gasteiger partial charge in [0, 0.05) is 43.0 Å². The Kier molecular flexibility index (Phi) is 6.68. The van der Waals surface area contributed by atoms with E-state index in [0.29, 0.717) is 31.9 Å². The van der Waals surface area contributed by atoms with Crippen molar-refractivity contribution in [2.75, 3.05) is 44.3 Å². The summed E-state index contributed by atoms with van der Waals surface area (Å²) >= 11 is 0. The molecule has 3 fully saturated rings. The first-order chi connectivity index (χ1) is 21.8. The van der Waals surface area contributed by atoms with Gasteiger partial charge < -0.3 is 24.8 Å². The van der Waals surface area contributed by atoms with Crippen LogP contribution in [0.25, 0.3) is 32.9 Å². The Labute approximate surface area is 256 Å². The van der Waals surface area contributed by atoms with Crippen LogP contribution in [-0.2, 0) is 0 Å². The van der Waals surface area contributed by atoms with Crippen LogP contribution >= 0.6 is 0 Å². The number of rotatable bonds is 5. The number of piperazine rings is 1. The summed E-state index contributed by atoms with van der Waals surface area (Å²) in [7, 11) is 0. The average Bonchev–Trinajstić information content (AvgIpc) is 3.50. The van der Waals surface area contributed by atoms with Crippen LogP contribution in [0.1, 0.15) is 32.6 Å². The summed E-state index contributed by atoms with van der Waals surface area (Å²) in [5, 5.41) is 14.2. The molecule has 45 heavy (non-hydrogen) atoms. The van der Waals surface area contributed by atoms with E-state index in [9.17, 15) is 13.9 Å². The lowest BCUT2D eigenvalue weighted by molar-refractivity contribution is 0.107. The minimum atomic E-state index is -1.19. The summed E-state index contributed by atoms with van der Waals surface area (Å²) in [5.41, 5.74) is -1.15. The predicted octanol–water partition coefficient (Wildman–Crippen LogP) is 4.87. The Balaban J connectivity index is 1.32. The number of hydrogen-bond acceptors (Lipinski definition) is 9. The van der Waals surface area contributed by atoms with Crippen molar-refractivity contribution in [3.8, 4) is 28.9 Å². The molecule has 0 unspecified atom stereocenters. The Morgan fingerprint density at radius 3 is 2.82 bits per heavy atom. The molecule has 0 saturated carbocycles. The second kappa shape index (κ2) is 10.5. The van der Waals surface area contributed by atoms with Crippen molar-refractivity contribution in [3.63, 3.8) is 0 Å². The monoisotopic (exact) mass is 624 g/mol. The maximum atomic E-state index is 16.8. The lowest BCUT2D eigenvalue weighted by atomic mass is 9.95. The Bertz CT molecular complexity index is 1850. The van der Waals surface area contributed by atoms with E-state index in [-0.39, 0.29) is 75.9 Å². The number of ether oxygens (including phenoxy) is 2. The molecule has 2 N–H and O–H groups in total. The van der Waals surface area contributed by atoms with Crippen LogP contribution in [0, 0.1) is 17.5 Å². The van der Waals surface area contributed by atoms with E-state index in [1.165, 1.54) is 12.1 Å². The molecule has 2 aromatic carbocycles. The third-order valence-electron chi connectivity index (χ3n) is 9.92. The maximum absolute atomic E-state index is 16.8. The minimum absolute atomic E-state index is 0.0390. The van der Waals surface area contributed by atoms with Crippen molar-refractivity contribution in [3.05, 3.63) is 41.7 Å². The quantitative estimate of drug-likeness (QED) is 0.302. The second-order valence-corrected chi connectivity index (χ2v) is 12.5. The second-order valence-electron chi connectivity index (χ2n) is 12.5. The topological polar surface area (TPSA) is 95.9 Å². The molecule has 8 rings (SSSR count). The molecule has 236 valence electrons. The summed E-state index contributed by atoms with van der Waals surface area (Å²) in [6, 6.07) is 4.46.